The molecular weight excluding hydrogens is 182 g/mol. The molecule has 0 saturated heterocycles. The number of ether oxygens (including phenoxy) is 1. The summed E-state index contributed by atoms with van der Waals surface area (Å²) in [4.78, 5) is 15.1. The van der Waals surface area contributed by atoms with Crippen LogP contribution in [0.5, 0.6) is 0 Å². The molecule has 72 valence electrons. The lowest BCUT2D eigenvalue weighted by Gasteiger charge is -2.00. The average molecular weight is 191 g/mol. The highest BCUT2D eigenvalue weighted by Gasteiger charge is 2.07. The predicted octanol–water partition coefficient (Wildman–Crippen LogP) is 0.703. The molecule has 0 unspecified atom stereocenters. The van der Waals surface area contributed by atoms with Crippen molar-refractivity contribution in [3.63, 3.8) is 0 Å². The van der Waals surface area contributed by atoms with Crippen molar-refractivity contribution >= 4 is 17.4 Å². The van der Waals surface area contributed by atoms with Crippen LogP contribution in [0.4, 0.5) is 5.95 Å². The van der Waals surface area contributed by atoms with E-state index in [9.17, 15) is 4.79 Å². The Morgan fingerprint density at radius 1 is 1.57 bits per heavy atom. The van der Waals surface area contributed by atoms with Crippen LogP contribution in [0.25, 0.3) is 5.52 Å². The summed E-state index contributed by atoms with van der Waals surface area (Å²) in [7, 11) is 1.34. The Morgan fingerprint density at radius 3 is 3.07 bits per heavy atom. The van der Waals surface area contributed by atoms with E-state index in [4.69, 9.17) is 5.73 Å². The second-order valence-corrected chi connectivity index (χ2v) is 2.82. The lowest BCUT2D eigenvalue weighted by molar-refractivity contribution is 0.0600. The van der Waals surface area contributed by atoms with Gasteiger partial charge in [-0.3, -0.25) is 4.40 Å². The number of carbonyl (C=O) groups is 1. The minimum Gasteiger partial charge on any atom is -0.465 e. The third-order valence-corrected chi connectivity index (χ3v) is 1.98. The lowest BCUT2D eigenvalue weighted by Crippen LogP contribution is -2.03. The fraction of sp³-hybridized carbons (Fsp3) is 0.111. The summed E-state index contributed by atoms with van der Waals surface area (Å²) in [5.74, 6) is -0.0363. The van der Waals surface area contributed by atoms with Crippen molar-refractivity contribution < 1.29 is 9.53 Å². The van der Waals surface area contributed by atoms with Gasteiger partial charge in [-0.2, -0.15) is 0 Å². The Hall–Kier alpha value is -2.04. The van der Waals surface area contributed by atoms with Crippen molar-refractivity contribution in [3.8, 4) is 0 Å². The smallest absolute Gasteiger partial charge is 0.339 e. The largest absolute Gasteiger partial charge is 0.465 e. The summed E-state index contributed by atoms with van der Waals surface area (Å²) in [6.45, 7) is 0. The standard InChI is InChI=1S/C9H9N3O2/c1-14-8(13)6-2-3-7-4-11-9(10)12(7)5-6/h2-5H,1H3,(H2,10,11). The molecule has 0 fully saturated rings. The maximum atomic E-state index is 11.2. The van der Waals surface area contributed by atoms with Crippen molar-refractivity contribution in [3.05, 3.63) is 30.1 Å². The van der Waals surface area contributed by atoms with Crippen LogP contribution in [-0.2, 0) is 4.74 Å². The van der Waals surface area contributed by atoms with E-state index < -0.39 is 0 Å². The van der Waals surface area contributed by atoms with Gasteiger partial charge in [0.15, 0.2) is 0 Å². The lowest BCUT2D eigenvalue weighted by atomic mass is 10.3. The molecule has 0 radical (unpaired) electrons. The molecule has 0 aliphatic rings. The first-order chi connectivity index (χ1) is 6.72. The van der Waals surface area contributed by atoms with Gasteiger partial charge in [0, 0.05) is 6.20 Å². The van der Waals surface area contributed by atoms with Gasteiger partial charge in [-0.25, -0.2) is 9.78 Å². The number of anilines is 1. The van der Waals surface area contributed by atoms with E-state index in [2.05, 4.69) is 9.72 Å². The number of aromatic nitrogens is 2. The highest BCUT2D eigenvalue weighted by molar-refractivity contribution is 5.89. The Morgan fingerprint density at radius 2 is 2.36 bits per heavy atom. The Labute approximate surface area is 80.1 Å². The maximum absolute atomic E-state index is 11.2. The van der Waals surface area contributed by atoms with E-state index in [0.717, 1.165) is 5.52 Å². The molecule has 5 heteroatoms. The number of nitrogen functional groups attached to an aromatic ring is 1. The van der Waals surface area contributed by atoms with E-state index in [1.165, 1.54) is 7.11 Å². The van der Waals surface area contributed by atoms with Crippen LogP contribution in [0.2, 0.25) is 0 Å². The normalized spacial score (nSPS) is 10.4. The van der Waals surface area contributed by atoms with Gasteiger partial charge in [-0.05, 0) is 12.1 Å². The molecule has 0 amide bonds. The van der Waals surface area contributed by atoms with Crippen molar-refractivity contribution in [1.82, 2.24) is 9.38 Å². The van der Waals surface area contributed by atoms with Gasteiger partial charge >= 0.3 is 5.97 Å². The number of rotatable bonds is 1. The van der Waals surface area contributed by atoms with Gasteiger partial charge < -0.3 is 10.5 Å². The number of hydrogen-bond acceptors (Lipinski definition) is 4. The van der Waals surface area contributed by atoms with Crippen LogP contribution in [0.1, 0.15) is 10.4 Å². The maximum Gasteiger partial charge on any atom is 0.339 e. The molecule has 0 aliphatic carbocycles. The molecule has 0 saturated carbocycles. The van der Waals surface area contributed by atoms with E-state index in [-0.39, 0.29) is 5.97 Å². The summed E-state index contributed by atoms with van der Waals surface area (Å²) >= 11 is 0. The summed E-state index contributed by atoms with van der Waals surface area (Å²) in [5, 5.41) is 0. The number of esters is 1. The molecule has 2 aromatic heterocycles. The number of imidazole rings is 1. The molecule has 2 heterocycles. The minimum absolute atomic E-state index is 0.353. The van der Waals surface area contributed by atoms with E-state index in [1.807, 2.05) is 0 Å². The van der Waals surface area contributed by atoms with Crippen LogP contribution < -0.4 is 5.73 Å². The monoisotopic (exact) mass is 191 g/mol. The third-order valence-electron chi connectivity index (χ3n) is 1.98. The van der Waals surface area contributed by atoms with Crippen molar-refractivity contribution in [1.29, 1.82) is 0 Å². The molecule has 14 heavy (non-hydrogen) atoms. The molecule has 0 aromatic carbocycles. The SMILES string of the molecule is COC(=O)c1ccc2cnc(N)n2c1. The van der Waals surface area contributed by atoms with Gasteiger partial charge in [0.1, 0.15) is 0 Å². The fourth-order valence-electron chi connectivity index (χ4n) is 1.25. The number of pyridine rings is 1. The van der Waals surface area contributed by atoms with E-state index in [1.54, 1.807) is 28.9 Å². The Balaban J connectivity index is 2.60. The first-order valence-electron chi connectivity index (χ1n) is 4.03. The van der Waals surface area contributed by atoms with Crippen LogP contribution in [0.15, 0.2) is 24.5 Å². The molecule has 2 rings (SSSR count). The first-order valence-corrected chi connectivity index (χ1v) is 4.03. The van der Waals surface area contributed by atoms with Crippen molar-refractivity contribution in [2.24, 2.45) is 0 Å². The average Bonchev–Trinajstić information content (AvgIpc) is 2.59. The molecule has 0 atom stereocenters. The van der Waals surface area contributed by atoms with Gasteiger partial charge in [0.2, 0.25) is 5.95 Å². The summed E-state index contributed by atoms with van der Waals surface area (Å²) in [6.07, 6.45) is 3.24. The molecular formula is C9H9N3O2. The summed E-state index contributed by atoms with van der Waals surface area (Å²) in [5.41, 5.74) is 6.88. The topological polar surface area (TPSA) is 69.6 Å². The summed E-state index contributed by atoms with van der Waals surface area (Å²) in [6, 6.07) is 3.43. The number of nitrogens with zero attached hydrogens (tertiary/aromatic N) is 2. The highest BCUT2D eigenvalue weighted by Crippen LogP contribution is 2.10. The van der Waals surface area contributed by atoms with Crippen LogP contribution >= 0.6 is 0 Å². The number of carbonyl (C=O) groups excluding carboxylic acids is 1. The van der Waals surface area contributed by atoms with Crippen LogP contribution in [-0.4, -0.2) is 22.5 Å². The van der Waals surface area contributed by atoms with Gasteiger partial charge in [-0.15, -0.1) is 0 Å². The second kappa shape index (κ2) is 3.02. The quantitative estimate of drug-likeness (QED) is 0.674. The van der Waals surface area contributed by atoms with Crippen LogP contribution in [0.3, 0.4) is 0 Å². The number of nitrogens with two attached hydrogens (primary N) is 1. The molecule has 5 nitrogen and oxygen atoms in total. The zero-order valence-corrected chi connectivity index (χ0v) is 7.60. The Kier molecular flexibility index (Phi) is 1.85. The highest BCUT2D eigenvalue weighted by atomic mass is 16.5. The van der Waals surface area contributed by atoms with Gasteiger partial charge in [0.25, 0.3) is 0 Å². The minimum atomic E-state index is -0.389. The molecule has 0 aliphatic heterocycles. The van der Waals surface area contributed by atoms with E-state index >= 15 is 0 Å². The van der Waals surface area contributed by atoms with E-state index in [0.29, 0.717) is 11.5 Å². The Bertz CT molecular complexity index is 490. The second-order valence-electron chi connectivity index (χ2n) is 2.82. The third kappa shape index (κ3) is 1.19. The number of methoxy groups -OCH3 is 1. The van der Waals surface area contributed by atoms with Crippen LogP contribution in [0, 0.1) is 0 Å². The zero-order valence-electron chi connectivity index (χ0n) is 7.60. The number of fused-ring (bicyclic) bond motifs is 1. The van der Waals surface area contributed by atoms with Crippen molar-refractivity contribution in [2.75, 3.05) is 12.8 Å². The fourth-order valence-corrected chi connectivity index (χ4v) is 1.25. The number of hydrogen-bond donors (Lipinski definition) is 1. The molecule has 0 spiro atoms. The molecule has 0 bridgehead atoms. The molecule has 2 aromatic rings. The summed E-state index contributed by atoms with van der Waals surface area (Å²) < 4.78 is 6.22. The van der Waals surface area contributed by atoms with Gasteiger partial charge in [0.05, 0.1) is 24.4 Å². The predicted molar refractivity (Wildman–Crippen MR) is 50.9 cm³/mol. The first kappa shape index (κ1) is 8.55. The molecule has 2 N–H and O–H groups in total. The van der Waals surface area contributed by atoms with Crippen molar-refractivity contribution in [2.45, 2.75) is 0 Å². The zero-order chi connectivity index (χ0) is 10.1. The van der Waals surface area contributed by atoms with Gasteiger partial charge in [-0.1, -0.05) is 0 Å².